The zero-order chi connectivity index (χ0) is 9.97. The highest BCUT2D eigenvalue weighted by molar-refractivity contribution is 9.09. The van der Waals surface area contributed by atoms with Gasteiger partial charge in [-0.05, 0) is 39.3 Å². The first-order valence-electron chi connectivity index (χ1n) is 5.86. The fourth-order valence-corrected chi connectivity index (χ4v) is 3.53. The summed E-state index contributed by atoms with van der Waals surface area (Å²) >= 11 is 3.72. The minimum absolute atomic E-state index is 0.732. The van der Waals surface area contributed by atoms with Crippen molar-refractivity contribution >= 4 is 15.9 Å². The van der Waals surface area contributed by atoms with Crippen LogP contribution in [0.2, 0.25) is 0 Å². The summed E-state index contributed by atoms with van der Waals surface area (Å²) in [6.45, 7) is 8.81. The summed E-state index contributed by atoms with van der Waals surface area (Å²) in [4.78, 5) is 5.96. The van der Waals surface area contributed by atoms with E-state index in [-0.39, 0.29) is 0 Å². The summed E-state index contributed by atoms with van der Waals surface area (Å²) in [5.41, 5.74) is 0. The molecule has 2 heterocycles. The number of hydrogen-bond acceptors (Lipinski definition) is 2. The molecule has 2 nitrogen and oxygen atoms in total. The maximum Gasteiger partial charge on any atom is 0.0288 e. The molecule has 2 aliphatic heterocycles. The van der Waals surface area contributed by atoms with Crippen LogP contribution in [0.25, 0.3) is 0 Å². The van der Waals surface area contributed by atoms with Crippen LogP contribution < -0.4 is 0 Å². The van der Waals surface area contributed by atoms with Crippen LogP contribution >= 0.6 is 15.9 Å². The van der Waals surface area contributed by atoms with Gasteiger partial charge < -0.3 is 4.90 Å². The number of alkyl halides is 1. The SMILES string of the molecule is CC1CC(Br)CN1CCN1CCCC1. The van der Waals surface area contributed by atoms with Gasteiger partial charge in [-0.3, -0.25) is 4.90 Å². The summed E-state index contributed by atoms with van der Waals surface area (Å²) in [7, 11) is 0. The Morgan fingerprint density at radius 2 is 1.93 bits per heavy atom. The maximum absolute atomic E-state index is 3.72. The molecule has 2 saturated heterocycles. The van der Waals surface area contributed by atoms with E-state index in [4.69, 9.17) is 0 Å². The normalized spacial score (nSPS) is 35.6. The molecule has 2 rings (SSSR count). The largest absolute Gasteiger partial charge is 0.302 e. The van der Waals surface area contributed by atoms with Gasteiger partial charge in [-0.15, -0.1) is 0 Å². The van der Waals surface area contributed by atoms with E-state index in [0.717, 1.165) is 10.9 Å². The van der Waals surface area contributed by atoms with Crippen molar-refractivity contribution in [2.75, 3.05) is 32.7 Å². The average Bonchev–Trinajstić information content (AvgIpc) is 2.72. The van der Waals surface area contributed by atoms with Crippen molar-refractivity contribution < 1.29 is 0 Å². The van der Waals surface area contributed by atoms with Gasteiger partial charge in [0.25, 0.3) is 0 Å². The molecule has 2 atom stereocenters. The van der Waals surface area contributed by atoms with Crippen LogP contribution in [0.4, 0.5) is 0 Å². The molecule has 0 amide bonds. The first-order chi connectivity index (χ1) is 6.75. The molecule has 82 valence electrons. The second-order valence-corrected chi connectivity index (χ2v) is 6.02. The predicted octanol–water partition coefficient (Wildman–Crippen LogP) is 1.94. The van der Waals surface area contributed by atoms with Gasteiger partial charge in [0, 0.05) is 30.5 Å². The van der Waals surface area contributed by atoms with Gasteiger partial charge in [0.1, 0.15) is 0 Å². The van der Waals surface area contributed by atoms with E-state index in [0.29, 0.717) is 0 Å². The van der Waals surface area contributed by atoms with Crippen LogP contribution in [0.5, 0.6) is 0 Å². The first-order valence-corrected chi connectivity index (χ1v) is 6.78. The van der Waals surface area contributed by atoms with Crippen molar-refractivity contribution in [3.05, 3.63) is 0 Å². The monoisotopic (exact) mass is 260 g/mol. The quantitative estimate of drug-likeness (QED) is 0.716. The van der Waals surface area contributed by atoms with Gasteiger partial charge >= 0.3 is 0 Å². The Kier molecular flexibility index (Phi) is 3.86. The van der Waals surface area contributed by atoms with Crippen molar-refractivity contribution in [1.82, 2.24) is 9.80 Å². The van der Waals surface area contributed by atoms with Crippen molar-refractivity contribution in [3.63, 3.8) is 0 Å². The summed E-state index contributed by atoms with van der Waals surface area (Å²) in [5.74, 6) is 0. The van der Waals surface area contributed by atoms with Crippen molar-refractivity contribution in [3.8, 4) is 0 Å². The molecular weight excluding hydrogens is 240 g/mol. The van der Waals surface area contributed by atoms with E-state index in [2.05, 4.69) is 32.7 Å². The molecule has 3 heteroatoms. The van der Waals surface area contributed by atoms with E-state index in [1.807, 2.05) is 0 Å². The molecule has 2 fully saturated rings. The fraction of sp³-hybridized carbons (Fsp3) is 1.00. The van der Waals surface area contributed by atoms with Crippen LogP contribution in [-0.4, -0.2) is 53.4 Å². The van der Waals surface area contributed by atoms with Gasteiger partial charge in [0.05, 0.1) is 0 Å². The lowest BCUT2D eigenvalue weighted by molar-refractivity contribution is 0.221. The lowest BCUT2D eigenvalue weighted by atomic mass is 10.2. The summed E-state index contributed by atoms with van der Waals surface area (Å²) in [5, 5.41) is 0. The molecule has 0 aromatic carbocycles. The minimum Gasteiger partial charge on any atom is -0.302 e. The molecule has 14 heavy (non-hydrogen) atoms. The topological polar surface area (TPSA) is 6.48 Å². The molecule has 0 aromatic heterocycles. The highest BCUT2D eigenvalue weighted by Crippen LogP contribution is 2.22. The number of rotatable bonds is 3. The molecule has 0 N–H and O–H groups in total. The Morgan fingerprint density at radius 1 is 1.21 bits per heavy atom. The molecule has 0 aromatic rings. The third kappa shape index (κ3) is 2.71. The van der Waals surface area contributed by atoms with E-state index < -0.39 is 0 Å². The summed E-state index contributed by atoms with van der Waals surface area (Å²) in [6.07, 6.45) is 4.15. The van der Waals surface area contributed by atoms with Gasteiger partial charge in [-0.25, -0.2) is 0 Å². The Labute approximate surface area is 95.8 Å². The van der Waals surface area contributed by atoms with E-state index in [9.17, 15) is 0 Å². The fourth-order valence-electron chi connectivity index (χ4n) is 2.62. The van der Waals surface area contributed by atoms with Gasteiger partial charge in [0.2, 0.25) is 0 Å². The van der Waals surface area contributed by atoms with E-state index >= 15 is 0 Å². The zero-order valence-electron chi connectivity index (χ0n) is 9.08. The third-order valence-electron chi connectivity index (χ3n) is 3.55. The maximum atomic E-state index is 3.72. The molecule has 0 saturated carbocycles. The Hall–Kier alpha value is 0.400. The Morgan fingerprint density at radius 3 is 2.50 bits per heavy atom. The molecule has 0 bridgehead atoms. The number of nitrogens with zero attached hydrogens (tertiary/aromatic N) is 2. The molecule has 2 aliphatic rings. The average molecular weight is 261 g/mol. The van der Waals surface area contributed by atoms with Gasteiger partial charge in [0.15, 0.2) is 0 Å². The minimum atomic E-state index is 0.732. The van der Waals surface area contributed by atoms with E-state index in [1.54, 1.807) is 0 Å². The highest BCUT2D eigenvalue weighted by atomic mass is 79.9. The second kappa shape index (κ2) is 4.95. The highest BCUT2D eigenvalue weighted by Gasteiger charge is 2.27. The molecule has 0 aliphatic carbocycles. The lowest BCUT2D eigenvalue weighted by Gasteiger charge is -2.24. The summed E-state index contributed by atoms with van der Waals surface area (Å²) in [6, 6.07) is 0.780. The predicted molar refractivity (Wildman–Crippen MR) is 64.0 cm³/mol. The smallest absolute Gasteiger partial charge is 0.0288 e. The van der Waals surface area contributed by atoms with Crippen molar-refractivity contribution in [2.45, 2.75) is 37.1 Å². The van der Waals surface area contributed by atoms with Crippen LogP contribution in [0.1, 0.15) is 26.2 Å². The number of hydrogen-bond donors (Lipinski definition) is 0. The summed E-state index contributed by atoms with van der Waals surface area (Å²) < 4.78 is 0. The zero-order valence-corrected chi connectivity index (χ0v) is 10.7. The molecular formula is C11H21BrN2. The van der Waals surface area contributed by atoms with Crippen LogP contribution in [-0.2, 0) is 0 Å². The standard InChI is InChI=1S/C11H21BrN2/c1-10-8-11(12)9-14(10)7-6-13-4-2-3-5-13/h10-11H,2-9H2,1H3. The van der Waals surface area contributed by atoms with Crippen LogP contribution in [0.15, 0.2) is 0 Å². The lowest BCUT2D eigenvalue weighted by Crippen LogP contribution is -2.35. The Balaban J connectivity index is 1.69. The first kappa shape index (κ1) is 10.9. The molecule has 0 radical (unpaired) electrons. The number of likely N-dealkylation sites (tertiary alicyclic amines) is 2. The number of halogens is 1. The van der Waals surface area contributed by atoms with Crippen molar-refractivity contribution in [2.24, 2.45) is 0 Å². The second-order valence-electron chi connectivity index (χ2n) is 4.73. The molecule has 0 spiro atoms. The van der Waals surface area contributed by atoms with E-state index in [1.165, 1.54) is 52.0 Å². The Bertz CT molecular complexity index is 180. The van der Waals surface area contributed by atoms with Gasteiger partial charge in [-0.1, -0.05) is 15.9 Å². The van der Waals surface area contributed by atoms with Crippen molar-refractivity contribution in [1.29, 1.82) is 0 Å². The molecule has 2 unspecified atom stereocenters. The van der Waals surface area contributed by atoms with Crippen LogP contribution in [0, 0.1) is 0 Å². The third-order valence-corrected chi connectivity index (χ3v) is 4.22. The van der Waals surface area contributed by atoms with Crippen LogP contribution in [0.3, 0.4) is 0 Å². The van der Waals surface area contributed by atoms with Gasteiger partial charge in [-0.2, -0.15) is 0 Å².